The Morgan fingerprint density at radius 1 is 1.47 bits per heavy atom. The summed E-state index contributed by atoms with van der Waals surface area (Å²) in [4.78, 5) is 4.22. The van der Waals surface area contributed by atoms with E-state index in [-0.39, 0.29) is 0 Å². The normalized spacial score (nSPS) is 10.5. The molecule has 0 unspecified atom stereocenters. The zero-order valence-electron chi connectivity index (χ0n) is 8.31. The average molecular weight is 267 g/mol. The molecule has 2 aromatic rings. The van der Waals surface area contributed by atoms with Crippen molar-refractivity contribution in [2.24, 2.45) is 0 Å². The molecule has 15 heavy (non-hydrogen) atoms. The molecule has 0 bridgehead atoms. The first-order valence-corrected chi connectivity index (χ1v) is 5.45. The summed E-state index contributed by atoms with van der Waals surface area (Å²) in [6.07, 6.45) is 1.56. The molecule has 0 saturated carbocycles. The molecular weight excluding hydrogens is 256 g/mol. The van der Waals surface area contributed by atoms with E-state index >= 15 is 0 Å². The van der Waals surface area contributed by atoms with Crippen LogP contribution in [0, 0.1) is 0 Å². The lowest BCUT2D eigenvalue weighted by atomic mass is 10.2. The van der Waals surface area contributed by atoms with Gasteiger partial charge in [0, 0.05) is 22.3 Å². The van der Waals surface area contributed by atoms with Crippen molar-refractivity contribution in [1.82, 2.24) is 14.8 Å². The van der Waals surface area contributed by atoms with E-state index in [1.54, 1.807) is 6.33 Å². The van der Waals surface area contributed by atoms with Crippen LogP contribution >= 0.6 is 15.9 Å². The first-order valence-electron chi connectivity index (χ1n) is 4.65. The van der Waals surface area contributed by atoms with E-state index in [1.165, 1.54) is 0 Å². The molecule has 1 heterocycles. The topological polar surface area (TPSA) is 56.7 Å². The first kappa shape index (κ1) is 10.2. The van der Waals surface area contributed by atoms with Gasteiger partial charge in [-0.2, -0.15) is 5.10 Å². The van der Waals surface area contributed by atoms with Crippen LogP contribution in [0.4, 0.5) is 5.69 Å². The highest BCUT2D eigenvalue weighted by Gasteiger charge is 2.07. The number of aryl methyl sites for hydroxylation is 1. The largest absolute Gasteiger partial charge is 0.398 e. The number of aromatic nitrogens is 3. The molecule has 78 valence electrons. The van der Waals surface area contributed by atoms with E-state index in [1.807, 2.05) is 29.8 Å². The summed E-state index contributed by atoms with van der Waals surface area (Å²) in [7, 11) is 0. The summed E-state index contributed by atoms with van der Waals surface area (Å²) in [6.45, 7) is 2.84. The van der Waals surface area contributed by atoms with Crippen molar-refractivity contribution in [3.8, 4) is 11.4 Å². The Kier molecular flexibility index (Phi) is 2.73. The van der Waals surface area contributed by atoms with Crippen LogP contribution in [0.1, 0.15) is 6.92 Å². The first-order chi connectivity index (χ1) is 7.22. The van der Waals surface area contributed by atoms with Crippen molar-refractivity contribution in [2.45, 2.75) is 13.5 Å². The van der Waals surface area contributed by atoms with Gasteiger partial charge in [-0.3, -0.25) is 0 Å². The predicted molar refractivity (Wildman–Crippen MR) is 63.2 cm³/mol. The number of hydrogen-bond acceptors (Lipinski definition) is 3. The van der Waals surface area contributed by atoms with E-state index < -0.39 is 0 Å². The zero-order valence-corrected chi connectivity index (χ0v) is 9.90. The quantitative estimate of drug-likeness (QED) is 0.849. The van der Waals surface area contributed by atoms with Gasteiger partial charge in [-0.15, -0.1) is 0 Å². The lowest BCUT2D eigenvalue weighted by Gasteiger charge is -2.04. The molecule has 0 saturated heterocycles. The average Bonchev–Trinajstić information content (AvgIpc) is 2.70. The highest BCUT2D eigenvalue weighted by Crippen LogP contribution is 2.25. The highest BCUT2D eigenvalue weighted by atomic mass is 79.9. The van der Waals surface area contributed by atoms with Gasteiger partial charge >= 0.3 is 0 Å². The fraction of sp³-hybridized carbons (Fsp3) is 0.200. The van der Waals surface area contributed by atoms with Crippen LogP contribution in [-0.2, 0) is 6.54 Å². The number of hydrogen-bond donors (Lipinski definition) is 1. The van der Waals surface area contributed by atoms with Gasteiger partial charge in [0.05, 0.1) is 0 Å². The second-order valence-corrected chi connectivity index (χ2v) is 3.99. The van der Waals surface area contributed by atoms with Crippen LogP contribution in [0.25, 0.3) is 11.4 Å². The lowest BCUT2D eigenvalue weighted by molar-refractivity contribution is 0.666. The number of nitrogens with two attached hydrogens (primary N) is 1. The highest BCUT2D eigenvalue weighted by molar-refractivity contribution is 9.10. The standard InChI is InChI=1S/C10H11BrN4/c1-2-15-10(13-6-14-15)7-3-4-9(12)8(11)5-7/h3-6H,2,12H2,1H3. The van der Waals surface area contributed by atoms with Crippen LogP contribution in [-0.4, -0.2) is 14.8 Å². The van der Waals surface area contributed by atoms with Crippen LogP contribution in [0.2, 0.25) is 0 Å². The van der Waals surface area contributed by atoms with Gasteiger partial charge in [0.25, 0.3) is 0 Å². The minimum Gasteiger partial charge on any atom is -0.398 e. The van der Waals surface area contributed by atoms with Gasteiger partial charge in [-0.1, -0.05) is 0 Å². The van der Waals surface area contributed by atoms with E-state index in [4.69, 9.17) is 5.73 Å². The molecule has 0 atom stereocenters. The van der Waals surface area contributed by atoms with Crippen LogP contribution in [0.15, 0.2) is 29.0 Å². The molecule has 0 radical (unpaired) electrons. The molecular formula is C10H11BrN4. The minimum atomic E-state index is 0.723. The second-order valence-electron chi connectivity index (χ2n) is 3.14. The van der Waals surface area contributed by atoms with Crippen molar-refractivity contribution in [3.63, 3.8) is 0 Å². The van der Waals surface area contributed by atoms with Crippen molar-refractivity contribution in [3.05, 3.63) is 29.0 Å². The summed E-state index contributed by atoms with van der Waals surface area (Å²) in [5.41, 5.74) is 7.46. The fourth-order valence-corrected chi connectivity index (χ4v) is 1.76. The maximum Gasteiger partial charge on any atom is 0.158 e. The van der Waals surface area contributed by atoms with Crippen molar-refractivity contribution >= 4 is 21.6 Å². The third-order valence-electron chi connectivity index (χ3n) is 2.17. The Labute approximate surface area is 96.3 Å². The summed E-state index contributed by atoms with van der Waals surface area (Å²) in [5, 5.41) is 4.12. The Balaban J connectivity index is 2.50. The predicted octanol–water partition coefficient (Wildman–Crippen LogP) is 2.31. The summed E-state index contributed by atoms with van der Waals surface area (Å²) < 4.78 is 2.73. The number of benzene rings is 1. The Hall–Kier alpha value is -1.36. The third kappa shape index (κ3) is 1.87. The second kappa shape index (κ2) is 4.02. The van der Waals surface area contributed by atoms with E-state index in [9.17, 15) is 0 Å². The molecule has 1 aromatic heterocycles. The molecule has 2 N–H and O–H groups in total. The molecule has 5 heteroatoms. The van der Waals surface area contributed by atoms with Crippen molar-refractivity contribution < 1.29 is 0 Å². The zero-order chi connectivity index (χ0) is 10.8. The SMILES string of the molecule is CCn1ncnc1-c1ccc(N)c(Br)c1. The van der Waals surface area contributed by atoms with Crippen LogP contribution < -0.4 is 5.73 Å². The number of nitrogens with zero attached hydrogens (tertiary/aromatic N) is 3. The van der Waals surface area contributed by atoms with Gasteiger partial charge in [-0.05, 0) is 41.1 Å². The fourth-order valence-electron chi connectivity index (χ4n) is 1.39. The van der Waals surface area contributed by atoms with Crippen molar-refractivity contribution in [2.75, 3.05) is 5.73 Å². The molecule has 0 amide bonds. The van der Waals surface area contributed by atoms with Gasteiger partial charge in [0.2, 0.25) is 0 Å². The van der Waals surface area contributed by atoms with Gasteiger partial charge in [0.1, 0.15) is 6.33 Å². The molecule has 4 nitrogen and oxygen atoms in total. The summed E-state index contributed by atoms with van der Waals surface area (Å²) >= 11 is 3.40. The lowest BCUT2D eigenvalue weighted by Crippen LogP contribution is -1.99. The molecule has 2 rings (SSSR count). The van der Waals surface area contributed by atoms with Gasteiger partial charge in [0.15, 0.2) is 5.82 Å². The molecule has 0 aliphatic heterocycles. The third-order valence-corrected chi connectivity index (χ3v) is 2.86. The molecule has 0 aliphatic rings. The maximum atomic E-state index is 5.72. The van der Waals surface area contributed by atoms with Crippen molar-refractivity contribution in [1.29, 1.82) is 0 Å². The molecule has 1 aromatic carbocycles. The number of rotatable bonds is 2. The maximum absolute atomic E-state index is 5.72. The van der Waals surface area contributed by atoms with Gasteiger partial charge in [-0.25, -0.2) is 9.67 Å². The smallest absolute Gasteiger partial charge is 0.158 e. The molecule has 0 aliphatic carbocycles. The van der Waals surface area contributed by atoms with E-state index in [2.05, 4.69) is 26.0 Å². The minimum absolute atomic E-state index is 0.723. The van der Waals surface area contributed by atoms with Gasteiger partial charge < -0.3 is 5.73 Å². The Bertz CT molecular complexity index is 478. The van der Waals surface area contributed by atoms with E-state index in [0.29, 0.717) is 0 Å². The monoisotopic (exact) mass is 266 g/mol. The summed E-state index contributed by atoms with van der Waals surface area (Å²) in [6, 6.07) is 5.75. The summed E-state index contributed by atoms with van der Waals surface area (Å²) in [5.74, 6) is 0.859. The van der Waals surface area contributed by atoms with Crippen LogP contribution in [0.5, 0.6) is 0 Å². The Morgan fingerprint density at radius 3 is 2.93 bits per heavy atom. The number of nitrogen functional groups attached to an aromatic ring is 1. The molecule has 0 spiro atoms. The Morgan fingerprint density at radius 2 is 2.27 bits per heavy atom. The van der Waals surface area contributed by atoms with Crippen LogP contribution in [0.3, 0.4) is 0 Å². The number of halogens is 1. The van der Waals surface area contributed by atoms with E-state index in [0.717, 1.165) is 28.1 Å². The molecule has 0 fully saturated rings. The number of anilines is 1.